The second-order valence-electron chi connectivity index (χ2n) is 8.75. The lowest BCUT2D eigenvalue weighted by Gasteiger charge is -2.25. The number of methoxy groups -OCH3 is 1. The number of carbonyl (C=O) groups excluding carboxylic acids is 3. The van der Waals surface area contributed by atoms with Gasteiger partial charge in [-0.15, -0.1) is 0 Å². The molecule has 3 amide bonds. The van der Waals surface area contributed by atoms with Crippen LogP contribution in [0, 0.1) is 23.2 Å². The molecule has 4 atom stereocenters. The molecule has 3 N–H and O–H groups in total. The smallest absolute Gasteiger partial charge is 0.393 e. The predicted molar refractivity (Wildman–Crippen MR) is 117 cm³/mol. The number of alkyl halides is 3. The summed E-state index contributed by atoms with van der Waals surface area (Å²) in [6, 6.07) is 5.95. The van der Waals surface area contributed by atoms with Crippen molar-refractivity contribution in [1.82, 2.24) is 20.5 Å². The largest absolute Gasteiger partial charge is 0.496 e. The van der Waals surface area contributed by atoms with Gasteiger partial charge >= 0.3 is 6.18 Å². The van der Waals surface area contributed by atoms with Crippen LogP contribution in [0.4, 0.5) is 13.2 Å². The lowest BCUT2D eigenvalue weighted by atomic mass is 9.98. The Balaban J connectivity index is 1.56. The van der Waals surface area contributed by atoms with E-state index in [2.05, 4.69) is 15.6 Å². The summed E-state index contributed by atoms with van der Waals surface area (Å²) in [4.78, 5) is 41.9. The van der Waals surface area contributed by atoms with Crippen LogP contribution in [0.3, 0.4) is 0 Å². The van der Waals surface area contributed by atoms with Crippen LogP contribution in [0.2, 0.25) is 0 Å². The van der Waals surface area contributed by atoms with E-state index < -0.39 is 54.9 Å². The van der Waals surface area contributed by atoms with Gasteiger partial charge in [0.25, 0.3) is 5.91 Å². The molecule has 1 aromatic carbocycles. The molecule has 3 heterocycles. The van der Waals surface area contributed by atoms with Gasteiger partial charge in [0.2, 0.25) is 11.8 Å². The highest BCUT2D eigenvalue weighted by Crippen LogP contribution is 2.38. The van der Waals surface area contributed by atoms with Gasteiger partial charge in [-0.25, -0.2) is 0 Å². The van der Waals surface area contributed by atoms with E-state index in [4.69, 9.17) is 4.74 Å². The third-order valence-electron chi connectivity index (χ3n) is 6.56. The molecule has 2 aliphatic rings. The molecule has 4 rings (SSSR count). The molecule has 0 radical (unpaired) electrons. The lowest BCUT2D eigenvalue weighted by molar-refractivity contribution is -0.170. The standard InChI is InChI=1S/C23H24F3N5O4/c1-35-19-4-2-3-16-15(19)9-17(30-16)22(34)31-11-13(23(24,25)26)8-18(31)21(33)29-14(10-27)7-12-5-6-28-20(12)32/h2-4,9,12-14,18,30H,5-8,11H2,1H3,(H,28,32)(H,29,33)/t12-,13?,14-,18?/m0/s1. The van der Waals surface area contributed by atoms with Gasteiger partial charge in [0, 0.05) is 29.9 Å². The van der Waals surface area contributed by atoms with Gasteiger partial charge in [-0.2, -0.15) is 18.4 Å². The molecule has 186 valence electrons. The number of amides is 3. The lowest BCUT2D eigenvalue weighted by Crippen LogP contribution is -2.49. The summed E-state index contributed by atoms with van der Waals surface area (Å²) in [7, 11) is 1.46. The van der Waals surface area contributed by atoms with Crippen molar-refractivity contribution in [2.75, 3.05) is 20.2 Å². The molecule has 0 saturated carbocycles. The first-order chi connectivity index (χ1) is 16.6. The summed E-state index contributed by atoms with van der Waals surface area (Å²) in [6.07, 6.45) is -4.68. The second-order valence-corrected chi connectivity index (χ2v) is 8.75. The number of H-pyrrole nitrogens is 1. The summed E-state index contributed by atoms with van der Waals surface area (Å²) < 4.78 is 45.9. The molecule has 2 unspecified atom stereocenters. The average Bonchev–Trinajstić information content (AvgIpc) is 3.55. The molecule has 35 heavy (non-hydrogen) atoms. The Bertz CT molecular complexity index is 1190. The van der Waals surface area contributed by atoms with Crippen molar-refractivity contribution in [3.8, 4) is 11.8 Å². The van der Waals surface area contributed by atoms with Crippen molar-refractivity contribution in [2.45, 2.75) is 37.5 Å². The predicted octanol–water partition coefficient (Wildman–Crippen LogP) is 2.10. The van der Waals surface area contributed by atoms with Crippen molar-refractivity contribution in [1.29, 1.82) is 5.26 Å². The highest BCUT2D eigenvalue weighted by Gasteiger charge is 2.51. The highest BCUT2D eigenvalue weighted by molar-refractivity contribution is 6.01. The number of rotatable bonds is 6. The summed E-state index contributed by atoms with van der Waals surface area (Å²) in [5.41, 5.74) is 0.573. The van der Waals surface area contributed by atoms with E-state index in [0.717, 1.165) is 4.90 Å². The molecular weight excluding hydrogens is 467 g/mol. The van der Waals surface area contributed by atoms with Crippen LogP contribution >= 0.6 is 0 Å². The molecule has 2 fully saturated rings. The van der Waals surface area contributed by atoms with Gasteiger partial charge in [-0.3, -0.25) is 14.4 Å². The van der Waals surface area contributed by atoms with E-state index in [1.54, 1.807) is 18.2 Å². The van der Waals surface area contributed by atoms with Crippen LogP contribution in [-0.4, -0.2) is 66.1 Å². The van der Waals surface area contributed by atoms with E-state index in [0.29, 0.717) is 29.6 Å². The summed E-state index contributed by atoms with van der Waals surface area (Å²) >= 11 is 0. The first-order valence-corrected chi connectivity index (χ1v) is 11.1. The van der Waals surface area contributed by atoms with E-state index >= 15 is 0 Å². The van der Waals surface area contributed by atoms with Crippen LogP contribution in [0.1, 0.15) is 29.8 Å². The van der Waals surface area contributed by atoms with Gasteiger partial charge < -0.3 is 25.3 Å². The number of aromatic amines is 1. The zero-order valence-electron chi connectivity index (χ0n) is 18.8. The monoisotopic (exact) mass is 491 g/mol. The fraction of sp³-hybridized carbons (Fsp3) is 0.478. The Kier molecular flexibility index (Phi) is 6.60. The van der Waals surface area contributed by atoms with Crippen LogP contribution in [-0.2, 0) is 9.59 Å². The molecule has 0 bridgehead atoms. The zero-order valence-corrected chi connectivity index (χ0v) is 18.8. The van der Waals surface area contributed by atoms with E-state index in [1.165, 1.54) is 13.2 Å². The number of hydrogen-bond acceptors (Lipinski definition) is 5. The van der Waals surface area contributed by atoms with Crippen LogP contribution in [0.5, 0.6) is 5.75 Å². The first kappa shape index (κ1) is 24.4. The van der Waals surface area contributed by atoms with Crippen LogP contribution in [0.25, 0.3) is 10.9 Å². The number of fused-ring (bicyclic) bond motifs is 1. The third kappa shape index (κ3) is 4.89. The van der Waals surface area contributed by atoms with Gasteiger partial charge in [-0.05, 0) is 37.5 Å². The molecule has 9 nitrogen and oxygen atoms in total. The van der Waals surface area contributed by atoms with Gasteiger partial charge in [0.15, 0.2) is 0 Å². The molecule has 1 aromatic heterocycles. The number of halogens is 3. The Morgan fingerprint density at radius 2 is 2.14 bits per heavy atom. The molecular formula is C23H24F3N5O4. The van der Waals surface area contributed by atoms with Gasteiger partial charge in [0.05, 0.1) is 19.1 Å². The van der Waals surface area contributed by atoms with E-state index in [-0.39, 0.29) is 18.0 Å². The Hall–Kier alpha value is -3.75. The number of hydrogen-bond donors (Lipinski definition) is 3. The van der Waals surface area contributed by atoms with Crippen molar-refractivity contribution < 1.29 is 32.3 Å². The summed E-state index contributed by atoms with van der Waals surface area (Å²) in [5.74, 6) is -3.73. The van der Waals surface area contributed by atoms with Gasteiger partial charge in [-0.1, -0.05) is 6.07 Å². The number of ether oxygens (including phenoxy) is 1. The normalized spacial score (nSPS) is 23.1. The average molecular weight is 491 g/mol. The number of benzene rings is 1. The summed E-state index contributed by atoms with van der Waals surface area (Å²) in [5, 5.41) is 15.1. The number of carbonyl (C=O) groups is 3. The molecule has 2 saturated heterocycles. The fourth-order valence-electron chi connectivity index (χ4n) is 4.69. The Morgan fingerprint density at radius 3 is 2.77 bits per heavy atom. The number of likely N-dealkylation sites (tertiary alicyclic amines) is 1. The number of nitrogens with zero attached hydrogens (tertiary/aromatic N) is 2. The van der Waals surface area contributed by atoms with E-state index in [1.807, 2.05) is 6.07 Å². The number of nitriles is 1. The minimum Gasteiger partial charge on any atom is -0.496 e. The van der Waals surface area contributed by atoms with Crippen LogP contribution in [0.15, 0.2) is 24.3 Å². The van der Waals surface area contributed by atoms with Crippen molar-refractivity contribution in [3.63, 3.8) is 0 Å². The quantitative estimate of drug-likeness (QED) is 0.571. The molecule has 2 aromatic rings. The topological polar surface area (TPSA) is 127 Å². The van der Waals surface area contributed by atoms with Gasteiger partial charge in [0.1, 0.15) is 23.5 Å². The molecule has 0 spiro atoms. The zero-order chi connectivity index (χ0) is 25.3. The first-order valence-electron chi connectivity index (χ1n) is 11.1. The fourth-order valence-corrected chi connectivity index (χ4v) is 4.69. The van der Waals surface area contributed by atoms with Crippen molar-refractivity contribution >= 4 is 28.6 Å². The summed E-state index contributed by atoms with van der Waals surface area (Å²) in [6.45, 7) is -0.224. The van der Waals surface area contributed by atoms with E-state index in [9.17, 15) is 32.8 Å². The minimum atomic E-state index is -4.60. The van der Waals surface area contributed by atoms with Crippen molar-refractivity contribution in [2.24, 2.45) is 11.8 Å². The molecule has 2 aliphatic heterocycles. The third-order valence-corrected chi connectivity index (χ3v) is 6.56. The van der Waals surface area contributed by atoms with Crippen molar-refractivity contribution in [3.05, 3.63) is 30.0 Å². The minimum absolute atomic E-state index is 0.0181. The maximum atomic E-state index is 13.6. The highest BCUT2D eigenvalue weighted by atomic mass is 19.4. The Morgan fingerprint density at radius 1 is 1.37 bits per heavy atom. The number of nitrogens with one attached hydrogen (secondary N) is 3. The Labute approximate surface area is 198 Å². The number of aromatic nitrogens is 1. The molecule has 12 heteroatoms. The maximum absolute atomic E-state index is 13.6. The maximum Gasteiger partial charge on any atom is 0.393 e. The second kappa shape index (κ2) is 9.48. The van der Waals surface area contributed by atoms with Crippen LogP contribution < -0.4 is 15.4 Å². The molecule has 0 aliphatic carbocycles. The SMILES string of the molecule is COc1cccc2[nH]c(C(=O)N3CC(C(F)(F)F)CC3C(=O)N[C@H](C#N)C[C@@H]3CCNC3=O)cc12.